The largest absolute Gasteiger partial charge is 0.378 e. The van der Waals surface area contributed by atoms with Crippen molar-refractivity contribution in [2.45, 2.75) is 19.4 Å². The summed E-state index contributed by atoms with van der Waals surface area (Å²) in [7, 11) is 0. The highest BCUT2D eigenvalue weighted by Crippen LogP contribution is 2.21. The average Bonchev–Trinajstić information content (AvgIpc) is 3.40. The van der Waals surface area contributed by atoms with Crippen molar-refractivity contribution in [3.05, 3.63) is 34.3 Å². The number of aromatic nitrogens is 3. The summed E-state index contributed by atoms with van der Waals surface area (Å²) in [6, 6.07) is 3.78. The summed E-state index contributed by atoms with van der Waals surface area (Å²) in [5.41, 5.74) is 0.374. The Balaban J connectivity index is 1.35. The minimum Gasteiger partial charge on any atom is -0.378 e. The predicted molar refractivity (Wildman–Crippen MR) is 99.7 cm³/mol. The zero-order valence-electron chi connectivity index (χ0n) is 15.1. The molecule has 2 saturated heterocycles. The van der Waals surface area contributed by atoms with Crippen molar-refractivity contribution in [1.29, 1.82) is 0 Å². The first-order valence-electron chi connectivity index (χ1n) is 9.30. The highest BCUT2D eigenvalue weighted by Gasteiger charge is 2.26. The molecule has 2 aromatic rings. The second-order valence-corrected chi connectivity index (χ2v) is 7.91. The number of hydrogen-bond donors (Lipinski definition) is 0. The van der Waals surface area contributed by atoms with Crippen molar-refractivity contribution in [1.82, 2.24) is 24.8 Å². The van der Waals surface area contributed by atoms with E-state index in [9.17, 15) is 9.59 Å². The molecule has 144 valence electrons. The van der Waals surface area contributed by atoms with Crippen molar-refractivity contribution in [2.24, 2.45) is 5.92 Å². The first-order chi connectivity index (χ1) is 13.2. The summed E-state index contributed by atoms with van der Waals surface area (Å²) in [6.45, 7) is 4.49. The fourth-order valence-electron chi connectivity index (χ4n) is 3.63. The van der Waals surface area contributed by atoms with Crippen LogP contribution in [0.25, 0.3) is 0 Å². The number of thiophene rings is 1. The van der Waals surface area contributed by atoms with E-state index in [4.69, 9.17) is 4.74 Å². The summed E-state index contributed by atoms with van der Waals surface area (Å²) in [5.74, 6) is 0.329. The number of morpholine rings is 1. The number of carbonyl (C=O) groups is 2. The van der Waals surface area contributed by atoms with Crippen LogP contribution in [0.1, 0.15) is 33.0 Å². The lowest BCUT2D eigenvalue weighted by atomic mass is 9.98. The molecule has 0 N–H and O–H groups in total. The Labute approximate surface area is 161 Å². The highest BCUT2D eigenvalue weighted by molar-refractivity contribution is 7.12. The third-order valence-electron chi connectivity index (χ3n) is 5.04. The van der Waals surface area contributed by atoms with Crippen molar-refractivity contribution >= 4 is 23.2 Å². The molecule has 0 spiro atoms. The zero-order valence-corrected chi connectivity index (χ0v) is 15.9. The van der Waals surface area contributed by atoms with Gasteiger partial charge in [0.2, 0.25) is 0 Å². The molecule has 4 rings (SSSR count). The maximum absolute atomic E-state index is 12.6. The smallest absolute Gasteiger partial charge is 0.276 e. The van der Waals surface area contributed by atoms with E-state index >= 15 is 0 Å². The molecule has 8 nitrogen and oxygen atoms in total. The maximum Gasteiger partial charge on any atom is 0.276 e. The van der Waals surface area contributed by atoms with E-state index in [2.05, 4.69) is 10.3 Å². The number of rotatable bonds is 4. The van der Waals surface area contributed by atoms with Crippen LogP contribution < -0.4 is 0 Å². The topological polar surface area (TPSA) is 80.6 Å². The van der Waals surface area contributed by atoms with Crippen molar-refractivity contribution < 1.29 is 14.3 Å². The van der Waals surface area contributed by atoms with Crippen molar-refractivity contribution in [3.63, 3.8) is 0 Å². The fraction of sp³-hybridized carbons (Fsp3) is 0.556. The molecule has 1 atom stereocenters. The molecule has 2 aromatic heterocycles. The van der Waals surface area contributed by atoms with Gasteiger partial charge in [-0.3, -0.25) is 14.3 Å². The molecule has 2 amide bonds. The van der Waals surface area contributed by atoms with Crippen LogP contribution in [0, 0.1) is 5.92 Å². The standard InChI is InChI=1S/C18H23N5O3S/c24-17(21-6-8-26-9-7-21)15-13-23(20-19-15)12-14-3-1-5-22(11-14)18(25)16-4-2-10-27-16/h2,4,10,13-14H,1,3,5-9,11-12H2/t14-/m1/s1. The Morgan fingerprint density at radius 2 is 2.04 bits per heavy atom. The lowest BCUT2D eigenvalue weighted by Gasteiger charge is -2.32. The van der Waals surface area contributed by atoms with Gasteiger partial charge in [-0.15, -0.1) is 16.4 Å². The normalized spacial score (nSPS) is 20.7. The maximum atomic E-state index is 12.6. The van der Waals surface area contributed by atoms with Gasteiger partial charge in [-0.05, 0) is 30.2 Å². The Morgan fingerprint density at radius 1 is 1.19 bits per heavy atom. The zero-order chi connectivity index (χ0) is 18.6. The van der Waals surface area contributed by atoms with Gasteiger partial charge in [0.15, 0.2) is 5.69 Å². The van der Waals surface area contributed by atoms with E-state index in [1.54, 1.807) is 15.8 Å². The molecule has 0 aromatic carbocycles. The van der Waals surface area contributed by atoms with Gasteiger partial charge in [-0.1, -0.05) is 11.3 Å². The van der Waals surface area contributed by atoms with Gasteiger partial charge in [0.1, 0.15) is 0 Å². The Bertz CT molecular complexity index is 785. The summed E-state index contributed by atoms with van der Waals surface area (Å²) >= 11 is 1.48. The van der Waals surface area contributed by atoms with Crippen LogP contribution >= 0.6 is 11.3 Å². The van der Waals surface area contributed by atoms with E-state index in [0.29, 0.717) is 51.0 Å². The second-order valence-electron chi connectivity index (χ2n) is 6.97. The van der Waals surface area contributed by atoms with Crippen LogP contribution in [0.5, 0.6) is 0 Å². The van der Waals surface area contributed by atoms with E-state index in [0.717, 1.165) is 24.3 Å². The molecule has 27 heavy (non-hydrogen) atoms. The molecule has 0 unspecified atom stereocenters. The van der Waals surface area contributed by atoms with Crippen LogP contribution in [-0.2, 0) is 11.3 Å². The third kappa shape index (κ3) is 4.19. The van der Waals surface area contributed by atoms with Gasteiger partial charge >= 0.3 is 0 Å². The number of nitrogens with zero attached hydrogens (tertiary/aromatic N) is 5. The quantitative estimate of drug-likeness (QED) is 0.789. The molecule has 2 aliphatic rings. The third-order valence-corrected chi connectivity index (χ3v) is 5.90. The number of ether oxygens (including phenoxy) is 1. The second kappa shape index (κ2) is 8.18. The average molecular weight is 389 g/mol. The Kier molecular flexibility index (Phi) is 5.49. The van der Waals surface area contributed by atoms with Crippen LogP contribution in [-0.4, -0.2) is 76.0 Å². The summed E-state index contributed by atoms with van der Waals surface area (Å²) in [4.78, 5) is 29.5. The predicted octanol–water partition coefficient (Wildman–Crippen LogP) is 1.36. The number of amides is 2. The monoisotopic (exact) mass is 389 g/mol. The molecule has 0 radical (unpaired) electrons. The van der Waals surface area contributed by atoms with E-state index in [1.807, 2.05) is 22.4 Å². The SMILES string of the molecule is O=C(c1cn(C[C@@H]2CCCN(C(=O)c3cccs3)C2)nn1)N1CCOCC1. The van der Waals surface area contributed by atoms with Gasteiger partial charge in [-0.2, -0.15) is 0 Å². The molecular weight excluding hydrogens is 366 g/mol. The van der Waals surface area contributed by atoms with E-state index in [1.165, 1.54) is 11.3 Å². The Morgan fingerprint density at radius 3 is 2.81 bits per heavy atom. The highest BCUT2D eigenvalue weighted by atomic mass is 32.1. The fourth-order valence-corrected chi connectivity index (χ4v) is 4.32. The summed E-state index contributed by atoms with van der Waals surface area (Å²) < 4.78 is 7.01. The molecule has 0 aliphatic carbocycles. The van der Waals surface area contributed by atoms with Crippen LogP contribution in [0.3, 0.4) is 0 Å². The van der Waals surface area contributed by atoms with Gasteiger partial charge in [0, 0.05) is 32.7 Å². The molecule has 9 heteroatoms. The van der Waals surface area contributed by atoms with Gasteiger partial charge < -0.3 is 14.5 Å². The molecule has 0 saturated carbocycles. The van der Waals surface area contributed by atoms with Crippen LogP contribution in [0.4, 0.5) is 0 Å². The minimum atomic E-state index is -0.0947. The Hall–Kier alpha value is -2.26. The number of hydrogen-bond acceptors (Lipinski definition) is 6. The first kappa shape index (κ1) is 18.1. The van der Waals surface area contributed by atoms with Gasteiger partial charge in [0.25, 0.3) is 11.8 Å². The van der Waals surface area contributed by atoms with Crippen LogP contribution in [0.2, 0.25) is 0 Å². The minimum absolute atomic E-state index is 0.0947. The number of carbonyl (C=O) groups excluding carboxylic acids is 2. The molecule has 4 heterocycles. The van der Waals surface area contributed by atoms with Gasteiger partial charge in [-0.25, -0.2) is 0 Å². The van der Waals surface area contributed by atoms with E-state index < -0.39 is 0 Å². The molecule has 2 fully saturated rings. The molecule has 2 aliphatic heterocycles. The summed E-state index contributed by atoms with van der Waals surface area (Å²) in [5, 5.41) is 10.1. The number of likely N-dealkylation sites (tertiary alicyclic amines) is 1. The van der Waals surface area contributed by atoms with Crippen molar-refractivity contribution in [3.8, 4) is 0 Å². The van der Waals surface area contributed by atoms with Crippen molar-refractivity contribution in [2.75, 3.05) is 39.4 Å². The van der Waals surface area contributed by atoms with Gasteiger partial charge in [0.05, 0.1) is 24.3 Å². The summed E-state index contributed by atoms with van der Waals surface area (Å²) in [6.07, 6.45) is 3.74. The van der Waals surface area contributed by atoms with Crippen LogP contribution in [0.15, 0.2) is 23.7 Å². The lowest BCUT2D eigenvalue weighted by Crippen LogP contribution is -2.41. The molecular formula is C18H23N5O3S. The number of piperidine rings is 1. The lowest BCUT2D eigenvalue weighted by molar-refractivity contribution is 0.0299. The van der Waals surface area contributed by atoms with E-state index in [-0.39, 0.29) is 11.8 Å². The molecule has 0 bridgehead atoms. The first-order valence-corrected chi connectivity index (χ1v) is 10.2.